The molecule has 10 heteroatoms. The third-order valence-electron chi connectivity index (χ3n) is 6.25. The zero-order valence-corrected chi connectivity index (χ0v) is 21.4. The first kappa shape index (κ1) is 24.9. The second kappa shape index (κ2) is 9.93. The van der Waals surface area contributed by atoms with E-state index in [1.807, 2.05) is 25.1 Å². The molecule has 1 fully saturated rings. The fourth-order valence-corrected chi connectivity index (χ4v) is 4.65. The van der Waals surface area contributed by atoms with E-state index in [2.05, 4.69) is 15.4 Å². The van der Waals surface area contributed by atoms with E-state index in [0.29, 0.717) is 29.4 Å². The molecule has 0 unspecified atom stereocenters. The maximum absolute atomic E-state index is 13.7. The predicted molar refractivity (Wildman–Crippen MR) is 140 cm³/mol. The maximum Gasteiger partial charge on any atom is 0.239 e. The molecule has 192 valence electrons. The molecule has 37 heavy (non-hydrogen) atoms. The minimum Gasteiger partial charge on any atom is -0.437 e. The van der Waals surface area contributed by atoms with Crippen LogP contribution in [0.2, 0.25) is 0 Å². The zero-order valence-electron chi connectivity index (χ0n) is 20.6. The summed E-state index contributed by atoms with van der Waals surface area (Å²) in [6.07, 6.45) is 5.66. The van der Waals surface area contributed by atoms with Gasteiger partial charge in [-0.1, -0.05) is 18.2 Å². The molecule has 0 amide bonds. The van der Waals surface area contributed by atoms with E-state index in [1.54, 1.807) is 22.8 Å². The largest absolute Gasteiger partial charge is 0.437 e. The van der Waals surface area contributed by atoms with Gasteiger partial charge in [-0.05, 0) is 49.4 Å². The van der Waals surface area contributed by atoms with Crippen molar-refractivity contribution in [1.29, 1.82) is 0 Å². The Morgan fingerprint density at radius 3 is 2.70 bits per heavy atom. The van der Waals surface area contributed by atoms with Gasteiger partial charge in [0, 0.05) is 42.5 Å². The van der Waals surface area contributed by atoms with Gasteiger partial charge >= 0.3 is 0 Å². The summed E-state index contributed by atoms with van der Waals surface area (Å²) in [7, 11) is -3.17. The van der Waals surface area contributed by atoms with Crippen LogP contribution in [0.15, 0.2) is 54.7 Å². The first-order valence-electron chi connectivity index (χ1n) is 12.0. The van der Waals surface area contributed by atoms with Gasteiger partial charge in [0.05, 0.1) is 23.3 Å². The first-order chi connectivity index (χ1) is 17.7. The molecule has 2 aromatic heterocycles. The lowest BCUT2D eigenvalue weighted by Crippen LogP contribution is -2.15. The van der Waals surface area contributed by atoms with E-state index < -0.39 is 15.7 Å². The number of hydrogen-bond donors (Lipinski definition) is 1. The second-order valence-electron chi connectivity index (χ2n) is 9.49. The smallest absolute Gasteiger partial charge is 0.239 e. The number of halogens is 1. The third kappa shape index (κ3) is 5.96. The highest BCUT2D eigenvalue weighted by Crippen LogP contribution is 2.35. The van der Waals surface area contributed by atoms with Crippen LogP contribution < -0.4 is 10.1 Å². The Morgan fingerprint density at radius 2 is 2.00 bits per heavy atom. The van der Waals surface area contributed by atoms with Crippen LogP contribution in [0.1, 0.15) is 35.2 Å². The van der Waals surface area contributed by atoms with Crippen molar-refractivity contribution >= 4 is 27.0 Å². The fourth-order valence-electron chi connectivity index (χ4n) is 4.18. The number of ketones is 1. The Labute approximate surface area is 214 Å². The number of benzene rings is 2. The van der Waals surface area contributed by atoms with Gasteiger partial charge in [-0.25, -0.2) is 22.3 Å². The Kier molecular flexibility index (Phi) is 6.68. The molecule has 0 atom stereocenters. The molecule has 2 aromatic carbocycles. The van der Waals surface area contributed by atoms with Crippen molar-refractivity contribution in [2.24, 2.45) is 5.92 Å². The summed E-state index contributed by atoms with van der Waals surface area (Å²) in [5, 5.41) is 7.68. The van der Waals surface area contributed by atoms with Crippen molar-refractivity contribution in [2.75, 3.05) is 23.9 Å². The van der Waals surface area contributed by atoms with Crippen LogP contribution in [-0.4, -0.2) is 47.4 Å². The highest BCUT2D eigenvalue weighted by Gasteiger charge is 2.25. The van der Waals surface area contributed by atoms with E-state index in [9.17, 15) is 17.6 Å². The lowest BCUT2D eigenvalue weighted by molar-refractivity contribution is 0.0975. The molecule has 1 N–H and O–H groups in total. The summed E-state index contributed by atoms with van der Waals surface area (Å²) in [6, 6.07) is 13.0. The second-order valence-corrected chi connectivity index (χ2v) is 11.8. The van der Waals surface area contributed by atoms with Gasteiger partial charge in [0.2, 0.25) is 5.88 Å². The van der Waals surface area contributed by atoms with Gasteiger partial charge in [-0.2, -0.15) is 0 Å². The number of nitrogens with one attached hydrogen (secondary N) is 1. The number of rotatable bonds is 10. The molecule has 0 saturated heterocycles. The van der Waals surface area contributed by atoms with Gasteiger partial charge < -0.3 is 10.1 Å². The van der Waals surface area contributed by atoms with Crippen LogP contribution in [0.25, 0.3) is 16.9 Å². The molecule has 5 rings (SSSR count). The zero-order chi connectivity index (χ0) is 26.2. The number of imidazole rings is 1. The van der Waals surface area contributed by atoms with Crippen LogP contribution in [0.3, 0.4) is 0 Å². The first-order valence-corrected chi connectivity index (χ1v) is 14.1. The standard InChI is InChI=1S/C27H27FN4O4S/c1-17-12-19(8-9-22(17)25(33)13-18-6-7-18)24-16-30-27-23(29-10-11-37(2,34)35)15-26(31-32(24)27)36-21-5-3-4-20(28)14-21/h3-5,8-9,12,14-16,18,29H,6-7,10-11,13H2,1-2H3. The van der Waals surface area contributed by atoms with E-state index in [4.69, 9.17) is 4.74 Å². The topological polar surface area (TPSA) is 103 Å². The summed E-state index contributed by atoms with van der Waals surface area (Å²) in [6.45, 7) is 2.08. The highest BCUT2D eigenvalue weighted by molar-refractivity contribution is 7.90. The molecule has 0 radical (unpaired) electrons. The van der Waals surface area contributed by atoms with Crippen molar-refractivity contribution in [3.05, 3.63) is 71.7 Å². The van der Waals surface area contributed by atoms with Gasteiger partial charge in [-0.15, -0.1) is 5.10 Å². The molecule has 0 spiro atoms. The minimum atomic E-state index is -3.17. The summed E-state index contributed by atoms with van der Waals surface area (Å²) in [5.41, 5.74) is 4.05. The van der Waals surface area contributed by atoms with E-state index in [0.717, 1.165) is 29.5 Å². The fraction of sp³-hybridized carbons (Fsp3) is 0.296. The number of fused-ring (bicyclic) bond motifs is 1. The molecule has 4 aromatic rings. The maximum atomic E-state index is 13.7. The number of hydrogen-bond acceptors (Lipinski definition) is 7. The van der Waals surface area contributed by atoms with E-state index >= 15 is 0 Å². The van der Waals surface area contributed by atoms with Gasteiger partial charge in [-0.3, -0.25) is 4.79 Å². The molecule has 2 heterocycles. The number of sulfone groups is 1. The summed E-state index contributed by atoms with van der Waals surface area (Å²) in [5.74, 6) is 0.605. The number of anilines is 1. The monoisotopic (exact) mass is 522 g/mol. The van der Waals surface area contributed by atoms with Crippen LogP contribution in [0.5, 0.6) is 11.6 Å². The van der Waals surface area contributed by atoms with Gasteiger partial charge in [0.1, 0.15) is 21.4 Å². The van der Waals surface area contributed by atoms with Crippen LogP contribution >= 0.6 is 0 Å². The molecule has 1 aliphatic carbocycles. The van der Waals surface area contributed by atoms with Gasteiger partial charge in [0.25, 0.3) is 0 Å². The Hall–Kier alpha value is -3.79. The number of nitrogens with zero attached hydrogens (tertiary/aromatic N) is 3. The highest BCUT2D eigenvalue weighted by atomic mass is 32.2. The van der Waals surface area contributed by atoms with Crippen molar-refractivity contribution in [1.82, 2.24) is 14.6 Å². The minimum absolute atomic E-state index is 0.0648. The number of ether oxygens (including phenoxy) is 1. The lowest BCUT2D eigenvalue weighted by Gasteiger charge is -2.12. The number of aryl methyl sites for hydroxylation is 1. The van der Waals surface area contributed by atoms with Crippen molar-refractivity contribution in [2.45, 2.75) is 26.2 Å². The van der Waals surface area contributed by atoms with E-state index in [-0.39, 0.29) is 29.7 Å². The molecule has 1 saturated carbocycles. The molecular weight excluding hydrogens is 495 g/mol. The summed E-state index contributed by atoms with van der Waals surface area (Å²) in [4.78, 5) is 17.2. The molecule has 8 nitrogen and oxygen atoms in total. The van der Waals surface area contributed by atoms with Crippen molar-refractivity contribution < 1.29 is 22.3 Å². The SMILES string of the molecule is Cc1cc(-c2cnc3c(NCCS(C)(=O)=O)cc(Oc4cccc(F)c4)nn23)ccc1C(=O)CC1CC1. The van der Waals surface area contributed by atoms with E-state index in [1.165, 1.54) is 24.5 Å². The van der Waals surface area contributed by atoms with Crippen molar-refractivity contribution in [3.8, 4) is 22.9 Å². The molecular formula is C27H27FN4O4S. The Balaban J connectivity index is 1.52. The van der Waals surface area contributed by atoms with Crippen molar-refractivity contribution in [3.63, 3.8) is 0 Å². The molecule has 0 aliphatic heterocycles. The number of Topliss-reactive ketones (excluding diaryl/α,β-unsaturated/α-hetero) is 1. The summed E-state index contributed by atoms with van der Waals surface area (Å²) < 4.78 is 44.4. The molecule has 1 aliphatic rings. The predicted octanol–water partition coefficient (Wildman–Crippen LogP) is 5.08. The average Bonchev–Trinajstić information content (AvgIpc) is 3.53. The van der Waals surface area contributed by atoms with Crippen LogP contribution in [0.4, 0.5) is 10.1 Å². The lowest BCUT2D eigenvalue weighted by atomic mass is 9.98. The summed E-state index contributed by atoms with van der Waals surface area (Å²) >= 11 is 0. The third-order valence-corrected chi connectivity index (χ3v) is 7.19. The quantitative estimate of drug-likeness (QED) is 0.290. The molecule has 0 bridgehead atoms. The Bertz CT molecular complexity index is 1600. The number of carbonyl (C=O) groups excluding carboxylic acids is 1. The number of aromatic nitrogens is 3. The number of carbonyl (C=O) groups is 1. The average molecular weight is 523 g/mol. The Morgan fingerprint density at radius 1 is 1.19 bits per heavy atom. The van der Waals surface area contributed by atoms with Gasteiger partial charge in [0.15, 0.2) is 11.4 Å². The van der Waals surface area contributed by atoms with Crippen LogP contribution in [0, 0.1) is 18.7 Å². The van der Waals surface area contributed by atoms with Crippen LogP contribution in [-0.2, 0) is 9.84 Å². The normalized spacial score (nSPS) is 13.6.